The molecule has 3 aromatic rings. The second-order valence-corrected chi connectivity index (χ2v) is 7.38. The maximum atomic E-state index is 12.5. The maximum Gasteiger partial charge on any atom is 0.282 e. The average Bonchev–Trinajstić information content (AvgIpc) is 3.09. The molecule has 0 radical (unpaired) electrons. The minimum absolute atomic E-state index is 0.0124. The third-order valence-corrected chi connectivity index (χ3v) is 5.39. The molecule has 0 unspecified atom stereocenters. The molecular formula is C14H16N6O2S. The van der Waals surface area contributed by atoms with E-state index in [4.69, 9.17) is 0 Å². The standard InChI is InChI=1S/C14H16N6O2S/c21-23(22,14-7-15-13-5-2-6-17-20(13)14)18-12-9-19(10-16-12)8-11-3-1-4-11/h2,5-7,9-11,18H,1,3-4,8H2. The van der Waals surface area contributed by atoms with Gasteiger partial charge in [-0.3, -0.25) is 4.72 Å². The average molecular weight is 332 g/mol. The van der Waals surface area contributed by atoms with Gasteiger partial charge in [0.25, 0.3) is 10.0 Å². The topological polar surface area (TPSA) is 94.2 Å². The van der Waals surface area contributed by atoms with Crippen LogP contribution in [0.4, 0.5) is 5.82 Å². The van der Waals surface area contributed by atoms with Gasteiger partial charge in [-0.25, -0.2) is 14.5 Å². The molecule has 1 N–H and O–H groups in total. The van der Waals surface area contributed by atoms with Gasteiger partial charge in [0.1, 0.15) is 0 Å². The Bertz CT molecular complexity index is 941. The molecule has 0 amide bonds. The molecule has 1 fully saturated rings. The molecule has 120 valence electrons. The lowest BCUT2D eigenvalue weighted by Gasteiger charge is -2.25. The number of rotatable bonds is 5. The van der Waals surface area contributed by atoms with E-state index in [1.165, 1.54) is 36.2 Å². The van der Waals surface area contributed by atoms with E-state index in [0.29, 0.717) is 17.4 Å². The molecule has 0 bridgehead atoms. The van der Waals surface area contributed by atoms with Gasteiger partial charge >= 0.3 is 0 Å². The molecular weight excluding hydrogens is 316 g/mol. The molecule has 1 aliphatic carbocycles. The van der Waals surface area contributed by atoms with Crippen LogP contribution in [0.3, 0.4) is 0 Å². The van der Waals surface area contributed by atoms with Crippen LogP contribution in [0.2, 0.25) is 0 Å². The van der Waals surface area contributed by atoms with Gasteiger partial charge in [-0.05, 0) is 30.9 Å². The Morgan fingerprint density at radius 1 is 1.30 bits per heavy atom. The van der Waals surface area contributed by atoms with Gasteiger partial charge in [-0.2, -0.15) is 13.5 Å². The summed E-state index contributed by atoms with van der Waals surface area (Å²) in [5.74, 6) is 0.979. The Morgan fingerprint density at radius 3 is 2.96 bits per heavy atom. The second kappa shape index (κ2) is 5.34. The predicted octanol–water partition coefficient (Wildman–Crippen LogP) is 1.53. The highest BCUT2D eigenvalue weighted by molar-refractivity contribution is 7.92. The fourth-order valence-corrected chi connectivity index (χ4v) is 3.71. The van der Waals surface area contributed by atoms with Gasteiger partial charge in [0, 0.05) is 18.9 Å². The van der Waals surface area contributed by atoms with Crippen molar-refractivity contribution < 1.29 is 8.42 Å². The van der Waals surface area contributed by atoms with Crippen molar-refractivity contribution in [1.29, 1.82) is 0 Å². The molecule has 8 nitrogen and oxygen atoms in total. The van der Waals surface area contributed by atoms with E-state index in [1.807, 2.05) is 4.57 Å². The van der Waals surface area contributed by atoms with Crippen LogP contribution in [-0.4, -0.2) is 32.6 Å². The number of nitrogens with one attached hydrogen (secondary N) is 1. The van der Waals surface area contributed by atoms with E-state index in [9.17, 15) is 8.42 Å². The summed E-state index contributed by atoms with van der Waals surface area (Å²) in [5.41, 5.74) is 0.475. The van der Waals surface area contributed by atoms with E-state index in [2.05, 4.69) is 19.8 Å². The Labute approximate surface area is 133 Å². The third kappa shape index (κ3) is 2.67. The normalized spacial score (nSPS) is 15.7. The Kier molecular flexibility index (Phi) is 3.29. The summed E-state index contributed by atoms with van der Waals surface area (Å²) >= 11 is 0. The molecule has 0 aromatic carbocycles. The highest BCUT2D eigenvalue weighted by Gasteiger charge is 2.22. The van der Waals surface area contributed by atoms with Gasteiger partial charge in [0.05, 0.1) is 12.5 Å². The van der Waals surface area contributed by atoms with Crippen molar-refractivity contribution in [2.75, 3.05) is 4.72 Å². The van der Waals surface area contributed by atoms with Crippen LogP contribution < -0.4 is 4.72 Å². The summed E-state index contributed by atoms with van der Waals surface area (Å²) in [6.07, 6.45) is 9.91. The highest BCUT2D eigenvalue weighted by atomic mass is 32.2. The van der Waals surface area contributed by atoms with Crippen molar-refractivity contribution in [3.63, 3.8) is 0 Å². The summed E-state index contributed by atoms with van der Waals surface area (Å²) in [6.45, 7) is 0.881. The second-order valence-electron chi connectivity index (χ2n) is 5.75. The third-order valence-electron chi connectivity index (χ3n) is 4.09. The molecule has 0 aliphatic heterocycles. The van der Waals surface area contributed by atoms with Gasteiger partial charge in [0.15, 0.2) is 16.5 Å². The number of sulfonamides is 1. The minimum Gasteiger partial charge on any atom is -0.335 e. The highest BCUT2D eigenvalue weighted by Crippen LogP contribution is 2.28. The molecule has 0 atom stereocenters. The van der Waals surface area contributed by atoms with Crippen molar-refractivity contribution >= 4 is 21.5 Å². The van der Waals surface area contributed by atoms with Crippen LogP contribution >= 0.6 is 0 Å². The molecule has 9 heteroatoms. The lowest BCUT2D eigenvalue weighted by atomic mass is 9.85. The zero-order valence-electron chi connectivity index (χ0n) is 12.3. The summed E-state index contributed by atoms with van der Waals surface area (Å²) < 4.78 is 30.7. The SMILES string of the molecule is O=S(=O)(Nc1cn(CC2CCC2)cn1)c1cnc2cccnn12. The number of aromatic nitrogens is 5. The number of imidazole rings is 2. The van der Waals surface area contributed by atoms with Gasteiger partial charge in [0.2, 0.25) is 0 Å². The van der Waals surface area contributed by atoms with Crippen molar-refractivity contribution in [2.24, 2.45) is 5.92 Å². The first kappa shape index (κ1) is 14.2. The maximum absolute atomic E-state index is 12.5. The smallest absolute Gasteiger partial charge is 0.282 e. The monoisotopic (exact) mass is 332 g/mol. The zero-order valence-corrected chi connectivity index (χ0v) is 13.1. The molecule has 0 spiro atoms. The van der Waals surface area contributed by atoms with Crippen LogP contribution in [0.5, 0.6) is 0 Å². The molecule has 1 saturated carbocycles. The van der Waals surface area contributed by atoms with Gasteiger partial charge in [-0.15, -0.1) is 0 Å². The quantitative estimate of drug-likeness (QED) is 0.764. The van der Waals surface area contributed by atoms with Crippen LogP contribution in [0, 0.1) is 5.92 Å². The molecule has 1 aliphatic rings. The summed E-state index contributed by atoms with van der Waals surface area (Å²) in [5, 5.41) is 4.01. The fourth-order valence-electron chi connectivity index (χ4n) is 2.67. The Morgan fingerprint density at radius 2 is 2.17 bits per heavy atom. The summed E-state index contributed by atoms with van der Waals surface area (Å²) in [4.78, 5) is 8.17. The van der Waals surface area contributed by atoms with E-state index in [0.717, 1.165) is 6.54 Å². The molecule has 3 aromatic heterocycles. The van der Waals surface area contributed by atoms with Crippen molar-refractivity contribution in [3.8, 4) is 0 Å². The first-order chi connectivity index (χ1) is 11.1. The largest absolute Gasteiger partial charge is 0.335 e. The van der Waals surface area contributed by atoms with Crippen LogP contribution in [-0.2, 0) is 16.6 Å². The number of hydrogen-bond donors (Lipinski definition) is 1. The summed E-state index contributed by atoms with van der Waals surface area (Å²) in [7, 11) is -3.79. The van der Waals surface area contributed by atoms with E-state index < -0.39 is 10.0 Å². The molecule has 4 rings (SSSR count). The van der Waals surface area contributed by atoms with E-state index >= 15 is 0 Å². The van der Waals surface area contributed by atoms with Crippen molar-refractivity contribution in [1.82, 2.24) is 24.1 Å². The van der Waals surface area contributed by atoms with Crippen molar-refractivity contribution in [2.45, 2.75) is 30.8 Å². The van der Waals surface area contributed by atoms with Crippen molar-refractivity contribution in [3.05, 3.63) is 37.1 Å². The molecule has 0 saturated heterocycles. The molecule has 23 heavy (non-hydrogen) atoms. The van der Waals surface area contributed by atoms with Crippen LogP contribution in [0.15, 0.2) is 42.1 Å². The van der Waals surface area contributed by atoms with Crippen LogP contribution in [0.1, 0.15) is 19.3 Å². The molecule has 3 heterocycles. The number of fused-ring (bicyclic) bond motifs is 1. The minimum atomic E-state index is -3.79. The predicted molar refractivity (Wildman–Crippen MR) is 83.4 cm³/mol. The number of nitrogens with zero attached hydrogens (tertiary/aromatic N) is 5. The number of anilines is 1. The van der Waals surface area contributed by atoms with Gasteiger partial charge in [-0.1, -0.05) is 6.42 Å². The first-order valence-corrected chi connectivity index (χ1v) is 8.93. The van der Waals surface area contributed by atoms with Crippen LogP contribution in [0.25, 0.3) is 5.65 Å². The van der Waals surface area contributed by atoms with E-state index in [1.54, 1.807) is 24.7 Å². The first-order valence-electron chi connectivity index (χ1n) is 7.45. The number of hydrogen-bond acceptors (Lipinski definition) is 5. The van der Waals surface area contributed by atoms with Gasteiger partial charge < -0.3 is 4.57 Å². The zero-order chi connectivity index (χ0) is 15.9. The Hall–Kier alpha value is -2.42. The van der Waals surface area contributed by atoms with E-state index in [-0.39, 0.29) is 5.03 Å². The lowest BCUT2D eigenvalue weighted by molar-refractivity contribution is 0.276. The summed E-state index contributed by atoms with van der Waals surface area (Å²) in [6, 6.07) is 3.40. The lowest BCUT2D eigenvalue weighted by Crippen LogP contribution is -2.17. The Balaban J connectivity index is 1.57. The fraction of sp³-hybridized carbons (Fsp3) is 0.357.